The van der Waals surface area contributed by atoms with Gasteiger partial charge in [-0.1, -0.05) is 0 Å². The zero-order chi connectivity index (χ0) is 11.8. The zero-order valence-corrected chi connectivity index (χ0v) is 10.1. The molecule has 0 bridgehead atoms. The number of hydrogen-bond acceptors (Lipinski definition) is 5. The van der Waals surface area contributed by atoms with E-state index in [0.29, 0.717) is 5.69 Å². The van der Waals surface area contributed by atoms with E-state index in [0.717, 1.165) is 27.6 Å². The molecule has 0 unspecified atom stereocenters. The van der Waals surface area contributed by atoms with Crippen molar-refractivity contribution in [1.29, 1.82) is 0 Å². The fourth-order valence-electron chi connectivity index (χ4n) is 1.78. The third kappa shape index (κ3) is 1.77. The summed E-state index contributed by atoms with van der Waals surface area (Å²) in [5.74, 6) is 1.54. The highest BCUT2D eigenvalue weighted by Gasteiger charge is 2.17. The Morgan fingerprint density at radius 3 is 2.82 bits per heavy atom. The number of hydrogen-bond donors (Lipinski definition) is 1. The van der Waals surface area contributed by atoms with Gasteiger partial charge in [-0.3, -0.25) is 0 Å². The summed E-state index contributed by atoms with van der Waals surface area (Å²) in [7, 11) is 0. The number of nitrogens with zero attached hydrogens (tertiary/aromatic N) is 1. The Morgan fingerprint density at radius 2 is 2.12 bits per heavy atom. The number of rotatable bonds is 2. The van der Waals surface area contributed by atoms with Crippen LogP contribution < -0.4 is 9.47 Å². The molecular formula is C12H11NO3S. The molecule has 3 rings (SSSR count). The average Bonchev–Trinajstić information content (AvgIpc) is 2.94. The van der Waals surface area contributed by atoms with Crippen molar-refractivity contribution in [2.24, 2.45) is 0 Å². The molecule has 0 amide bonds. The van der Waals surface area contributed by atoms with E-state index in [2.05, 4.69) is 4.98 Å². The van der Waals surface area contributed by atoms with Gasteiger partial charge in [0.15, 0.2) is 11.5 Å². The minimum atomic E-state index is -0.0277. The lowest BCUT2D eigenvalue weighted by atomic mass is 10.1. The Bertz CT molecular complexity index is 565. The lowest BCUT2D eigenvalue weighted by molar-refractivity contribution is 0.174. The van der Waals surface area contributed by atoms with Crippen LogP contribution in [0, 0.1) is 6.92 Å². The number of aryl methyl sites for hydroxylation is 1. The summed E-state index contributed by atoms with van der Waals surface area (Å²) in [4.78, 5) is 4.36. The molecule has 1 aromatic carbocycles. The van der Waals surface area contributed by atoms with Crippen molar-refractivity contribution in [3.8, 4) is 22.1 Å². The molecular weight excluding hydrogens is 238 g/mol. The number of aliphatic hydroxyl groups excluding tert-OH is 1. The van der Waals surface area contributed by atoms with Gasteiger partial charge in [0.2, 0.25) is 6.79 Å². The van der Waals surface area contributed by atoms with Gasteiger partial charge in [-0.25, -0.2) is 4.98 Å². The predicted octanol–water partition coefficient (Wildman–Crippen LogP) is 2.34. The molecule has 0 saturated carbocycles. The summed E-state index contributed by atoms with van der Waals surface area (Å²) >= 11 is 1.52. The van der Waals surface area contributed by atoms with Crippen molar-refractivity contribution < 1.29 is 14.6 Å². The predicted molar refractivity (Wildman–Crippen MR) is 64.3 cm³/mol. The van der Waals surface area contributed by atoms with Crippen LogP contribution >= 0.6 is 11.3 Å². The van der Waals surface area contributed by atoms with Crippen LogP contribution in [-0.2, 0) is 6.61 Å². The first kappa shape index (κ1) is 10.6. The van der Waals surface area contributed by atoms with Gasteiger partial charge in [0.25, 0.3) is 0 Å². The molecule has 0 aliphatic carbocycles. The second kappa shape index (κ2) is 4.01. The van der Waals surface area contributed by atoms with Crippen LogP contribution in [0.5, 0.6) is 11.5 Å². The van der Waals surface area contributed by atoms with Crippen molar-refractivity contribution >= 4 is 11.3 Å². The minimum absolute atomic E-state index is 0.0277. The standard InChI is InChI=1S/C12H11NO3S/c1-7-2-10-11(16-6-15-10)3-9(7)12-13-8(4-14)5-17-12/h2-3,5,14H,4,6H2,1H3. The molecule has 1 aromatic heterocycles. The van der Waals surface area contributed by atoms with E-state index in [9.17, 15) is 0 Å². The summed E-state index contributed by atoms with van der Waals surface area (Å²) in [6, 6.07) is 3.90. The maximum Gasteiger partial charge on any atom is 0.231 e. The number of thiazole rings is 1. The van der Waals surface area contributed by atoms with Gasteiger partial charge in [-0.05, 0) is 24.6 Å². The number of fused-ring (bicyclic) bond motifs is 1. The molecule has 1 N–H and O–H groups in total. The van der Waals surface area contributed by atoms with E-state index in [1.54, 1.807) is 0 Å². The Balaban J connectivity index is 2.08. The average molecular weight is 249 g/mol. The van der Waals surface area contributed by atoms with Gasteiger partial charge in [0.05, 0.1) is 12.3 Å². The zero-order valence-electron chi connectivity index (χ0n) is 9.27. The maximum atomic E-state index is 9.02. The molecule has 2 aromatic rings. The van der Waals surface area contributed by atoms with Crippen molar-refractivity contribution in [2.75, 3.05) is 6.79 Å². The van der Waals surface area contributed by atoms with Crippen molar-refractivity contribution in [3.05, 3.63) is 28.8 Å². The first-order chi connectivity index (χ1) is 8.28. The molecule has 0 spiro atoms. The highest BCUT2D eigenvalue weighted by molar-refractivity contribution is 7.13. The lowest BCUT2D eigenvalue weighted by Gasteiger charge is -2.04. The monoisotopic (exact) mass is 249 g/mol. The summed E-state index contributed by atoms with van der Waals surface area (Å²) in [5.41, 5.74) is 2.81. The van der Waals surface area contributed by atoms with Gasteiger partial charge in [0, 0.05) is 10.9 Å². The summed E-state index contributed by atoms with van der Waals surface area (Å²) in [5, 5.41) is 11.8. The van der Waals surface area contributed by atoms with Crippen LogP contribution in [0.1, 0.15) is 11.3 Å². The second-order valence-electron chi connectivity index (χ2n) is 3.82. The summed E-state index contributed by atoms with van der Waals surface area (Å²) in [6.07, 6.45) is 0. The van der Waals surface area contributed by atoms with Gasteiger partial charge < -0.3 is 14.6 Å². The molecule has 0 atom stereocenters. The van der Waals surface area contributed by atoms with Crippen LogP contribution in [0.3, 0.4) is 0 Å². The van der Waals surface area contributed by atoms with Crippen molar-refractivity contribution in [2.45, 2.75) is 13.5 Å². The van der Waals surface area contributed by atoms with E-state index >= 15 is 0 Å². The molecule has 4 nitrogen and oxygen atoms in total. The van der Waals surface area contributed by atoms with Gasteiger partial charge in [0.1, 0.15) is 5.01 Å². The second-order valence-corrected chi connectivity index (χ2v) is 4.68. The molecule has 1 aliphatic heterocycles. The summed E-state index contributed by atoms with van der Waals surface area (Å²) in [6.45, 7) is 2.26. The van der Waals surface area contributed by atoms with Crippen LogP contribution in [0.4, 0.5) is 0 Å². The molecule has 0 radical (unpaired) electrons. The number of aliphatic hydroxyl groups is 1. The largest absolute Gasteiger partial charge is 0.454 e. The molecule has 0 saturated heterocycles. The third-order valence-electron chi connectivity index (χ3n) is 2.66. The van der Waals surface area contributed by atoms with E-state index in [1.807, 2.05) is 24.4 Å². The Labute approximate surface area is 102 Å². The number of aromatic nitrogens is 1. The van der Waals surface area contributed by atoms with E-state index in [4.69, 9.17) is 14.6 Å². The van der Waals surface area contributed by atoms with Crippen molar-refractivity contribution in [3.63, 3.8) is 0 Å². The number of benzene rings is 1. The quantitative estimate of drug-likeness (QED) is 0.887. The highest BCUT2D eigenvalue weighted by Crippen LogP contribution is 2.39. The van der Waals surface area contributed by atoms with Crippen LogP contribution in [0.2, 0.25) is 0 Å². The Morgan fingerprint density at radius 1 is 1.35 bits per heavy atom. The SMILES string of the molecule is Cc1cc2c(cc1-c1nc(CO)cs1)OCO2. The first-order valence-electron chi connectivity index (χ1n) is 5.24. The fourth-order valence-corrected chi connectivity index (χ4v) is 2.67. The van der Waals surface area contributed by atoms with Gasteiger partial charge in [-0.2, -0.15) is 0 Å². The van der Waals surface area contributed by atoms with Crippen LogP contribution in [-0.4, -0.2) is 16.9 Å². The van der Waals surface area contributed by atoms with Crippen molar-refractivity contribution in [1.82, 2.24) is 4.98 Å². The Hall–Kier alpha value is -1.59. The van der Waals surface area contributed by atoms with E-state index in [1.165, 1.54) is 11.3 Å². The fraction of sp³-hybridized carbons (Fsp3) is 0.250. The topological polar surface area (TPSA) is 51.6 Å². The Kier molecular flexibility index (Phi) is 2.49. The van der Waals surface area contributed by atoms with Crippen LogP contribution in [0.25, 0.3) is 10.6 Å². The molecule has 5 heteroatoms. The van der Waals surface area contributed by atoms with Gasteiger partial charge >= 0.3 is 0 Å². The maximum absolute atomic E-state index is 9.02. The van der Waals surface area contributed by atoms with Crippen LogP contribution in [0.15, 0.2) is 17.5 Å². The number of ether oxygens (including phenoxy) is 2. The van der Waals surface area contributed by atoms with E-state index in [-0.39, 0.29) is 13.4 Å². The molecule has 1 aliphatic rings. The minimum Gasteiger partial charge on any atom is -0.454 e. The smallest absolute Gasteiger partial charge is 0.231 e. The highest BCUT2D eigenvalue weighted by atomic mass is 32.1. The molecule has 17 heavy (non-hydrogen) atoms. The first-order valence-corrected chi connectivity index (χ1v) is 6.12. The third-order valence-corrected chi connectivity index (χ3v) is 3.59. The molecule has 0 fully saturated rings. The molecule has 88 valence electrons. The van der Waals surface area contributed by atoms with Gasteiger partial charge in [-0.15, -0.1) is 11.3 Å². The molecule has 2 heterocycles. The lowest BCUT2D eigenvalue weighted by Crippen LogP contribution is -1.92. The summed E-state index contributed by atoms with van der Waals surface area (Å²) < 4.78 is 10.7. The van der Waals surface area contributed by atoms with E-state index < -0.39 is 0 Å². The normalized spacial score (nSPS) is 13.1.